The molecule has 0 aliphatic heterocycles. The third-order valence-electron chi connectivity index (χ3n) is 13.5. The molecule has 5 heteroatoms. The fourth-order valence-corrected chi connectivity index (χ4v) is 10.3. The van der Waals surface area contributed by atoms with Gasteiger partial charge in [-0.15, -0.1) is 0 Å². The summed E-state index contributed by atoms with van der Waals surface area (Å²) in [4.78, 5) is 15.8. The minimum atomic E-state index is 0.603. The zero-order valence-corrected chi connectivity index (χ0v) is 37.2. The van der Waals surface area contributed by atoms with Gasteiger partial charge in [0.1, 0.15) is 0 Å². The Hall–Kier alpha value is -8.93. The summed E-state index contributed by atoms with van der Waals surface area (Å²) in [5, 5.41) is 4.91. The highest BCUT2D eigenvalue weighted by Gasteiger charge is 2.23. The normalized spacial score (nSPS) is 12.6. The Morgan fingerprint density at radius 2 is 0.750 bits per heavy atom. The minimum absolute atomic E-state index is 0.603. The highest BCUT2D eigenvalue weighted by molar-refractivity contribution is 6.22. The van der Waals surface area contributed by atoms with E-state index < -0.39 is 0 Å². The lowest BCUT2D eigenvalue weighted by Crippen LogP contribution is -2.03. The molecule has 0 bridgehead atoms. The number of para-hydroxylation sites is 3. The maximum atomic E-state index is 5.32. The molecule has 0 unspecified atom stereocenters. The zero-order valence-electron chi connectivity index (χ0n) is 37.2. The predicted octanol–water partition coefficient (Wildman–Crippen LogP) is 16.3. The summed E-state index contributed by atoms with van der Waals surface area (Å²) in [7, 11) is 0. The lowest BCUT2D eigenvalue weighted by atomic mass is 9.95. The summed E-state index contributed by atoms with van der Waals surface area (Å²) in [6, 6.07) is 77.7. The van der Waals surface area contributed by atoms with Crippen molar-refractivity contribution in [3.05, 3.63) is 237 Å². The predicted molar refractivity (Wildman–Crippen MR) is 282 cm³/mol. The summed E-state index contributed by atoms with van der Waals surface area (Å²) < 4.78 is 4.88. The van der Waals surface area contributed by atoms with Gasteiger partial charge in [0, 0.05) is 43.9 Å². The molecule has 0 amide bonds. The quantitative estimate of drug-likeness (QED) is 0.153. The Balaban J connectivity index is 1.01. The molecule has 13 rings (SSSR count). The number of allylic oxidation sites excluding steroid dienone is 4. The molecule has 9 aromatic carbocycles. The van der Waals surface area contributed by atoms with Gasteiger partial charge >= 0.3 is 0 Å². The molecular formula is C63H43N5. The van der Waals surface area contributed by atoms with Crippen molar-refractivity contribution in [1.82, 2.24) is 24.1 Å². The Morgan fingerprint density at radius 3 is 1.31 bits per heavy atom. The Labute approximate surface area is 394 Å². The van der Waals surface area contributed by atoms with E-state index >= 15 is 0 Å². The number of fused-ring (bicyclic) bond motifs is 6. The first-order valence-corrected chi connectivity index (χ1v) is 23.3. The second kappa shape index (κ2) is 16.5. The Morgan fingerprint density at radius 1 is 0.324 bits per heavy atom. The van der Waals surface area contributed by atoms with Crippen LogP contribution in [-0.4, -0.2) is 24.1 Å². The summed E-state index contributed by atoms with van der Waals surface area (Å²) in [6.07, 6.45) is 8.77. The SMILES string of the molecule is C1=CCCC(n2c3ccccc3c3c(-c4cccc5c4c4ccccc4n5-c4ccccc4-c4nc(-c5ccc(-c6ccccc6)cc5)nc(-c5ccc(-c6ccccc6)cc5)n4)cccc32)=C1. The van der Waals surface area contributed by atoms with Crippen molar-refractivity contribution < 1.29 is 0 Å². The minimum Gasteiger partial charge on any atom is -0.313 e. The van der Waals surface area contributed by atoms with Crippen molar-refractivity contribution in [1.29, 1.82) is 0 Å². The maximum Gasteiger partial charge on any atom is 0.166 e. The summed E-state index contributed by atoms with van der Waals surface area (Å²) in [5.41, 5.74) is 16.7. The van der Waals surface area contributed by atoms with Crippen LogP contribution in [0.15, 0.2) is 237 Å². The fourth-order valence-electron chi connectivity index (χ4n) is 10.3. The number of hydrogen-bond donors (Lipinski definition) is 0. The largest absolute Gasteiger partial charge is 0.313 e. The van der Waals surface area contributed by atoms with Crippen molar-refractivity contribution >= 4 is 49.3 Å². The second-order valence-electron chi connectivity index (χ2n) is 17.4. The molecule has 3 heterocycles. The molecule has 0 N–H and O–H groups in total. The molecule has 320 valence electrons. The molecule has 0 atom stereocenters. The molecule has 0 saturated heterocycles. The molecule has 3 aromatic heterocycles. The Kier molecular flexibility index (Phi) is 9.57. The van der Waals surface area contributed by atoms with Gasteiger partial charge in [-0.05, 0) is 88.7 Å². The van der Waals surface area contributed by atoms with Crippen LogP contribution in [-0.2, 0) is 0 Å². The number of rotatable bonds is 8. The van der Waals surface area contributed by atoms with Crippen molar-refractivity contribution in [3.8, 4) is 73.2 Å². The van der Waals surface area contributed by atoms with Crippen molar-refractivity contribution in [3.63, 3.8) is 0 Å². The van der Waals surface area contributed by atoms with Gasteiger partial charge in [-0.1, -0.05) is 194 Å². The summed E-state index contributed by atoms with van der Waals surface area (Å²) in [5.74, 6) is 1.83. The fraction of sp³-hybridized carbons (Fsp3) is 0.0317. The first kappa shape index (κ1) is 39.4. The smallest absolute Gasteiger partial charge is 0.166 e. The molecule has 0 fully saturated rings. The number of hydrogen-bond acceptors (Lipinski definition) is 3. The van der Waals surface area contributed by atoms with Crippen LogP contribution in [0.2, 0.25) is 0 Å². The lowest BCUT2D eigenvalue weighted by Gasteiger charge is -2.15. The van der Waals surface area contributed by atoms with E-state index in [1.165, 1.54) is 49.4 Å². The van der Waals surface area contributed by atoms with Crippen molar-refractivity contribution in [2.45, 2.75) is 12.8 Å². The Bertz CT molecular complexity index is 3830. The first-order chi connectivity index (χ1) is 33.7. The van der Waals surface area contributed by atoms with Gasteiger partial charge in [0.25, 0.3) is 0 Å². The van der Waals surface area contributed by atoms with E-state index in [-0.39, 0.29) is 0 Å². The van der Waals surface area contributed by atoms with Crippen LogP contribution < -0.4 is 0 Å². The van der Waals surface area contributed by atoms with Crippen molar-refractivity contribution in [2.24, 2.45) is 0 Å². The van der Waals surface area contributed by atoms with Gasteiger partial charge < -0.3 is 9.13 Å². The van der Waals surface area contributed by atoms with Gasteiger partial charge in [0.05, 0.1) is 27.8 Å². The van der Waals surface area contributed by atoms with E-state index in [1.54, 1.807) is 0 Å². The maximum absolute atomic E-state index is 5.32. The van der Waals surface area contributed by atoms with E-state index in [9.17, 15) is 0 Å². The van der Waals surface area contributed by atoms with Gasteiger partial charge in [0.15, 0.2) is 17.5 Å². The monoisotopic (exact) mass is 869 g/mol. The molecule has 0 saturated carbocycles. The van der Waals surface area contributed by atoms with E-state index in [2.05, 4.69) is 234 Å². The molecule has 12 aromatic rings. The van der Waals surface area contributed by atoms with E-state index in [0.717, 1.165) is 68.5 Å². The first-order valence-electron chi connectivity index (χ1n) is 23.3. The van der Waals surface area contributed by atoms with E-state index in [1.807, 2.05) is 12.1 Å². The molecule has 68 heavy (non-hydrogen) atoms. The van der Waals surface area contributed by atoms with E-state index in [4.69, 9.17) is 15.0 Å². The standard InChI is InChI=1S/C63H43N5/c1-4-18-42(19-5-1)44-34-38-46(39-35-44)61-64-62(47-40-36-45(37-41-47)43-20-6-2-7-21-43)66-63(65-61)53-26-12-15-31-56(53)68-55-30-14-11-25-52(55)60-50(28-17-33-58(60)68)49-27-16-32-57-59(49)51-24-10-13-29-54(51)67(57)48-22-8-3-9-23-48/h1-8,10-22,24-41H,9,23H2. The second-order valence-corrected chi connectivity index (χ2v) is 17.4. The topological polar surface area (TPSA) is 48.5 Å². The third kappa shape index (κ3) is 6.67. The van der Waals surface area contributed by atoms with Gasteiger partial charge in [-0.2, -0.15) is 0 Å². The van der Waals surface area contributed by atoms with Crippen LogP contribution in [0.5, 0.6) is 0 Å². The van der Waals surface area contributed by atoms with Crippen LogP contribution in [0.4, 0.5) is 0 Å². The van der Waals surface area contributed by atoms with Crippen LogP contribution in [0.1, 0.15) is 12.8 Å². The average molecular weight is 870 g/mol. The van der Waals surface area contributed by atoms with Crippen LogP contribution in [0.3, 0.4) is 0 Å². The average Bonchev–Trinajstić information content (AvgIpc) is 3.95. The highest BCUT2D eigenvalue weighted by atomic mass is 15.1. The van der Waals surface area contributed by atoms with Crippen LogP contribution >= 0.6 is 0 Å². The molecule has 1 aliphatic rings. The van der Waals surface area contributed by atoms with Crippen LogP contribution in [0.25, 0.3) is 123 Å². The van der Waals surface area contributed by atoms with Gasteiger partial charge in [0.2, 0.25) is 0 Å². The van der Waals surface area contributed by atoms with Crippen LogP contribution in [0, 0.1) is 0 Å². The summed E-state index contributed by atoms with van der Waals surface area (Å²) >= 11 is 0. The van der Waals surface area contributed by atoms with Gasteiger partial charge in [-0.25, -0.2) is 15.0 Å². The highest BCUT2D eigenvalue weighted by Crippen LogP contribution is 2.45. The molecular weight excluding hydrogens is 827 g/mol. The number of benzene rings is 9. The molecule has 5 nitrogen and oxygen atoms in total. The van der Waals surface area contributed by atoms with E-state index in [0.29, 0.717) is 17.5 Å². The lowest BCUT2D eigenvalue weighted by molar-refractivity contribution is 0.979. The van der Waals surface area contributed by atoms with Crippen molar-refractivity contribution in [2.75, 3.05) is 0 Å². The molecule has 0 spiro atoms. The molecule has 0 radical (unpaired) electrons. The number of aromatic nitrogens is 5. The summed E-state index contributed by atoms with van der Waals surface area (Å²) in [6.45, 7) is 0. The molecule has 1 aliphatic carbocycles. The number of nitrogens with zero attached hydrogens (tertiary/aromatic N) is 5. The van der Waals surface area contributed by atoms with Gasteiger partial charge in [-0.3, -0.25) is 0 Å². The zero-order chi connectivity index (χ0) is 45.0. The third-order valence-corrected chi connectivity index (χ3v) is 13.5.